The van der Waals surface area contributed by atoms with E-state index >= 15 is 0 Å². The lowest BCUT2D eigenvalue weighted by Gasteiger charge is -2.02. The zero-order valence-corrected chi connectivity index (χ0v) is 10.5. The summed E-state index contributed by atoms with van der Waals surface area (Å²) in [4.78, 5) is 14.9. The van der Waals surface area contributed by atoms with E-state index < -0.39 is 0 Å². The number of carbonyl (C=O) groups is 1. The molecule has 1 rings (SSSR count). The van der Waals surface area contributed by atoms with Crippen LogP contribution in [0.1, 0.15) is 44.1 Å². The number of unbranched alkanes of at least 4 members (excludes halogenated alkanes) is 4. The SMILES string of the molecule is COC(=O)CCCCCCCc1ccncc1. The number of esters is 1. The van der Waals surface area contributed by atoms with Crippen molar-refractivity contribution in [2.45, 2.75) is 44.9 Å². The van der Waals surface area contributed by atoms with Crippen molar-refractivity contribution in [3.63, 3.8) is 0 Å². The molecule has 1 heterocycles. The molecule has 0 aliphatic carbocycles. The monoisotopic (exact) mass is 235 g/mol. The van der Waals surface area contributed by atoms with Gasteiger partial charge in [0.15, 0.2) is 0 Å². The molecule has 0 aromatic carbocycles. The van der Waals surface area contributed by atoms with Gasteiger partial charge in [0, 0.05) is 18.8 Å². The Labute approximate surface area is 103 Å². The number of pyridine rings is 1. The summed E-state index contributed by atoms with van der Waals surface area (Å²) in [5.41, 5.74) is 1.36. The molecule has 94 valence electrons. The summed E-state index contributed by atoms with van der Waals surface area (Å²) >= 11 is 0. The molecule has 0 aliphatic heterocycles. The van der Waals surface area contributed by atoms with Crippen LogP contribution in [0.3, 0.4) is 0 Å². The molecule has 0 bridgehead atoms. The third-order valence-corrected chi connectivity index (χ3v) is 2.82. The Morgan fingerprint density at radius 3 is 2.47 bits per heavy atom. The average Bonchev–Trinajstić information content (AvgIpc) is 2.38. The van der Waals surface area contributed by atoms with E-state index in [4.69, 9.17) is 0 Å². The minimum Gasteiger partial charge on any atom is -0.469 e. The predicted octanol–water partition coefficient (Wildman–Crippen LogP) is 3.14. The average molecular weight is 235 g/mol. The summed E-state index contributed by atoms with van der Waals surface area (Å²) in [6, 6.07) is 4.13. The number of ether oxygens (including phenoxy) is 1. The number of hydrogen-bond donors (Lipinski definition) is 0. The van der Waals surface area contributed by atoms with Crippen LogP contribution in [0.15, 0.2) is 24.5 Å². The molecule has 0 fully saturated rings. The van der Waals surface area contributed by atoms with E-state index in [1.165, 1.54) is 31.9 Å². The lowest BCUT2D eigenvalue weighted by molar-refractivity contribution is -0.140. The van der Waals surface area contributed by atoms with E-state index in [2.05, 4.69) is 21.9 Å². The summed E-state index contributed by atoms with van der Waals surface area (Å²) in [7, 11) is 1.44. The molecular formula is C14H21NO2. The van der Waals surface area contributed by atoms with E-state index in [1.807, 2.05) is 12.4 Å². The molecule has 0 unspecified atom stereocenters. The Hall–Kier alpha value is -1.38. The van der Waals surface area contributed by atoms with Crippen molar-refractivity contribution in [3.05, 3.63) is 30.1 Å². The van der Waals surface area contributed by atoms with E-state index in [0.717, 1.165) is 19.3 Å². The number of aryl methyl sites for hydroxylation is 1. The van der Waals surface area contributed by atoms with Crippen LogP contribution in [0, 0.1) is 0 Å². The fraction of sp³-hybridized carbons (Fsp3) is 0.571. The van der Waals surface area contributed by atoms with E-state index in [9.17, 15) is 4.79 Å². The second-order valence-electron chi connectivity index (χ2n) is 4.20. The first-order valence-corrected chi connectivity index (χ1v) is 6.28. The smallest absolute Gasteiger partial charge is 0.305 e. The van der Waals surface area contributed by atoms with Gasteiger partial charge in [-0.15, -0.1) is 0 Å². The van der Waals surface area contributed by atoms with Crippen molar-refractivity contribution in [2.24, 2.45) is 0 Å². The lowest BCUT2D eigenvalue weighted by atomic mass is 10.1. The largest absolute Gasteiger partial charge is 0.469 e. The summed E-state index contributed by atoms with van der Waals surface area (Å²) in [5.74, 6) is -0.0956. The molecule has 0 radical (unpaired) electrons. The van der Waals surface area contributed by atoms with Crippen molar-refractivity contribution >= 4 is 5.97 Å². The van der Waals surface area contributed by atoms with Crippen LogP contribution < -0.4 is 0 Å². The maximum atomic E-state index is 10.9. The first-order chi connectivity index (χ1) is 8.33. The zero-order valence-electron chi connectivity index (χ0n) is 10.5. The Bertz CT molecular complexity index is 311. The standard InChI is InChI=1S/C14H21NO2/c1-17-14(16)8-6-4-2-3-5-7-13-9-11-15-12-10-13/h9-12H,2-8H2,1H3. The van der Waals surface area contributed by atoms with Gasteiger partial charge in [-0.25, -0.2) is 0 Å². The first kappa shape index (κ1) is 13.7. The molecule has 17 heavy (non-hydrogen) atoms. The highest BCUT2D eigenvalue weighted by molar-refractivity contribution is 5.68. The highest BCUT2D eigenvalue weighted by Gasteiger charge is 1.99. The van der Waals surface area contributed by atoms with Crippen LogP contribution in [-0.4, -0.2) is 18.1 Å². The molecule has 0 saturated carbocycles. The maximum Gasteiger partial charge on any atom is 0.305 e. The zero-order chi connectivity index (χ0) is 12.3. The van der Waals surface area contributed by atoms with Crippen LogP contribution in [0.4, 0.5) is 0 Å². The predicted molar refractivity (Wildman–Crippen MR) is 67.7 cm³/mol. The van der Waals surface area contributed by atoms with Crippen molar-refractivity contribution in [2.75, 3.05) is 7.11 Å². The lowest BCUT2D eigenvalue weighted by Crippen LogP contribution is -1.99. The topological polar surface area (TPSA) is 39.2 Å². The van der Waals surface area contributed by atoms with Gasteiger partial charge in [0.2, 0.25) is 0 Å². The minimum atomic E-state index is -0.0956. The molecule has 0 aliphatic rings. The summed E-state index contributed by atoms with van der Waals surface area (Å²) in [6.07, 6.45) is 11.1. The highest BCUT2D eigenvalue weighted by Crippen LogP contribution is 2.09. The molecule has 3 heteroatoms. The van der Waals surface area contributed by atoms with Crippen molar-refractivity contribution in [3.8, 4) is 0 Å². The molecule has 1 aromatic rings. The van der Waals surface area contributed by atoms with E-state index in [-0.39, 0.29) is 5.97 Å². The van der Waals surface area contributed by atoms with Gasteiger partial charge in [0.1, 0.15) is 0 Å². The van der Waals surface area contributed by atoms with Gasteiger partial charge in [-0.3, -0.25) is 9.78 Å². The normalized spacial score (nSPS) is 10.2. The fourth-order valence-corrected chi connectivity index (χ4v) is 1.78. The summed E-state index contributed by atoms with van der Waals surface area (Å²) in [6.45, 7) is 0. The molecule has 1 aromatic heterocycles. The number of rotatable bonds is 8. The highest BCUT2D eigenvalue weighted by atomic mass is 16.5. The summed E-state index contributed by atoms with van der Waals surface area (Å²) in [5, 5.41) is 0. The van der Waals surface area contributed by atoms with Crippen molar-refractivity contribution in [1.82, 2.24) is 4.98 Å². The molecule has 3 nitrogen and oxygen atoms in total. The van der Waals surface area contributed by atoms with Crippen molar-refractivity contribution in [1.29, 1.82) is 0 Å². The Morgan fingerprint density at radius 2 is 1.76 bits per heavy atom. The van der Waals surface area contributed by atoms with Gasteiger partial charge < -0.3 is 4.74 Å². The Balaban J connectivity index is 1.93. The number of carbonyl (C=O) groups excluding carboxylic acids is 1. The van der Waals surface area contributed by atoms with E-state index in [1.54, 1.807) is 0 Å². The van der Waals surface area contributed by atoms with Crippen LogP contribution in [0.2, 0.25) is 0 Å². The Morgan fingerprint density at radius 1 is 1.12 bits per heavy atom. The van der Waals surface area contributed by atoms with E-state index in [0.29, 0.717) is 6.42 Å². The summed E-state index contributed by atoms with van der Waals surface area (Å²) < 4.78 is 4.59. The number of nitrogens with zero attached hydrogens (tertiary/aromatic N) is 1. The second-order valence-corrected chi connectivity index (χ2v) is 4.20. The number of aromatic nitrogens is 1. The third-order valence-electron chi connectivity index (χ3n) is 2.82. The molecule has 0 N–H and O–H groups in total. The number of hydrogen-bond acceptors (Lipinski definition) is 3. The molecule has 0 amide bonds. The number of methoxy groups -OCH3 is 1. The molecule has 0 spiro atoms. The van der Waals surface area contributed by atoms with Gasteiger partial charge in [0.05, 0.1) is 7.11 Å². The van der Waals surface area contributed by atoms with Gasteiger partial charge >= 0.3 is 5.97 Å². The quantitative estimate of drug-likeness (QED) is 0.513. The molecule has 0 saturated heterocycles. The maximum absolute atomic E-state index is 10.9. The van der Waals surface area contributed by atoms with Crippen LogP contribution in [0.25, 0.3) is 0 Å². The second kappa shape index (κ2) is 8.74. The van der Waals surface area contributed by atoms with Gasteiger partial charge in [-0.2, -0.15) is 0 Å². The van der Waals surface area contributed by atoms with Crippen molar-refractivity contribution < 1.29 is 9.53 Å². The molecule has 0 atom stereocenters. The van der Waals surface area contributed by atoms with Gasteiger partial charge in [-0.05, 0) is 37.0 Å². The fourth-order valence-electron chi connectivity index (χ4n) is 1.78. The van der Waals surface area contributed by atoms with Gasteiger partial charge in [-0.1, -0.05) is 19.3 Å². The first-order valence-electron chi connectivity index (χ1n) is 6.28. The molecular weight excluding hydrogens is 214 g/mol. The Kier molecular flexibility index (Phi) is 7.03. The van der Waals surface area contributed by atoms with Crippen LogP contribution in [-0.2, 0) is 16.0 Å². The minimum absolute atomic E-state index is 0.0956. The third kappa shape index (κ3) is 6.72. The van der Waals surface area contributed by atoms with Crippen LogP contribution >= 0.6 is 0 Å². The van der Waals surface area contributed by atoms with Gasteiger partial charge in [0.25, 0.3) is 0 Å². The van der Waals surface area contributed by atoms with Crippen LogP contribution in [0.5, 0.6) is 0 Å².